The number of sulfone groups is 1. The lowest BCUT2D eigenvalue weighted by molar-refractivity contribution is 0.401. The Morgan fingerprint density at radius 3 is 2.33 bits per heavy atom. The third-order valence-electron chi connectivity index (χ3n) is 2.04. The minimum Gasteiger partial charge on any atom is -0.245 e. The quantitative estimate of drug-likeness (QED) is 0.784. The Balaban J connectivity index is 0.000000531. The molecule has 0 atom stereocenters. The fraction of sp³-hybridized carbons (Fsp3) is 0.500. The number of hydrogen-bond acceptors (Lipinski definition) is 3. The van der Waals surface area contributed by atoms with E-state index < -0.39 is 14.8 Å². The van der Waals surface area contributed by atoms with Gasteiger partial charge in [-0.3, -0.25) is 0 Å². The van der Waals surface area contributed by atoms with Crippen LogP contribution < -0.4 is 0 Å². The number of alkyl halides is 1. The van der Waals surface area contributed by atoms with Gasteiger partial charge in [-0.05, 0) is 12.1 Å². The highest BCUT2D eigenvalue weighted by Crippen LogP contribution is 2.47. The van der Waals surface area contributed by atoms with Crippen LogP contribution in [0.5, 0.6) is 0 Å². The van der Waals surface area contributed by atoms with Gasteiger partial charge in [0.05, 0.1) is 0 Å². The molecule has 1 aliphatic carbocycles. The number of aromatic nitrogens is 1. The van der Waals surface area contributed by atoms with Gasteiger partial charge in [-0.25, -0.2) is 17.8 Å². The molecule has 3 nitrogen and oxygen atoms in total. The maximum absolute atomic E-state index is 13.3. The molecule has 1 aromatic heterocycles. The Kier molecular flexibility index (Phi) is 3.44. The molecule has 0 N–H and O–H groups in total. The smallest absolute Gasteiger partial charge is 0.230 e. The van der Waals surface area contributed by atoms with Crippen LogP contribution in [0.4, 0.5) is 4.39 Å². The first-order chi connectivity index (χ1) is 7.06. The van der Waals surface area contributed by atoms with Gasteiger partial charge in [0, 0.05) is 19.0 Å². The molecular formula is C10H14FNO2S. The fourth-order valence-electron chi connectivity index (χ4n) is 1.06. The van der Waals surface area contributed by atoms with Crippen LogP contribution in [0.3, 0.4) is 0 Å². The van der Waals surface area contributed by atoms with Gasteiger partial charge in [0.25, 0.3) is 0 Å². The summed E-state index contributed by atoms with van der Waals surface area (Å²) in [6.45, 7) is 4.00. The van der Waals surface area contributed by atoms with Crippen LogP contribution >= 0.6 is 0 Å². The van der Waals surface area contributed by atoms with E-state index in [4.69, 9.17) is 0 Å². The van der Waals surface area contributed by atoms with Gasteiger partial charge in [0.15, 0.2) is 5.03 Å². The van der Waals surface area contributed by atoms with Crippen LogP contribution in [-0.4, -0.2) is 18.4 Å². The van der Waals surface area contributed by atoms with E-state index in [1.807, 2.05) is 13.8 Å². The van der Waals surface area contributed by atoms with Crippen LogP contribution in [0.2, 0.25) is 0 Å². The molecule has 84 valence electrons. The van der Waals surface area contributed by atoms with Crippen LogP contribution in [0.1, 0.15) is 26.7 Å². The highest BCUT2D eigenvalue weighted by molar-refractivity contribution is 7.92. The highest BCUT2D eigenvalue weighted by Gasteiger charge is 2.56. The molecule has 0 aliphatic heterocycles. The monoisotopic (exact) mass is 231 g/mol. The van der Waals surface area contributed by atoms with Gasteiger partial charge in [-0.15, -0.1) is 0 Å². The minimum atomic E-state index is -3.84. The second kappa shape index (κ2) is 4.26. The lowest BCUT2D eigenvalue weighted by Crippen LogP contribution is -2.18. The molecule has 0 amide bonds. The molecule has 0 aromatic carbocycles. The van der Waals surface area contributed by atoms with Crippen molar-refractivity contribution in [3.63, 3.8) is 0 Å². The summed E-state index contributed by atoms with van der Waals surface area (Å²) in [5, 5.41) is -2.21. The molecular weight excluding hydrogens is 217 g/mol. The first-order valence-corrected chi connectivity index (χ1v) is 6.39. The molecule has 5 heteroatoms. The van der Waals surface area contributed by atoms with Crippen molar-refractivity contribution in [2.45, 2.75) is 36.7 Å². The summed E-state index contributed by atoms with van der Waals surface area (Å²) in [7, 11) is -3.84. The second-order valence-corrected chi connectivity index (χ2v) is 5.21. The minimum absolute atomic E-state index is 0.0892. The predicted octanol–water partition coefficient (Wildman–Crippen LogP) is 2.34. The first-order valence-electron chi connectivity index (χ1n) is 4.91. The molecule has 0 saturated heterocycles. The Hall–Kier alpha value is -0.970. The topological polar surface area (TPSA) is 47.0 Å². The molecule has 15 heavy (non-hydrogen) atoms. The maximum atomic E-state index is 13.3. The molecule has 2 rings (SSSR count). The SMILES string of the molecule is CC.O=S(=O)(c1ccccn1)C1(F)CC1. The molecule has 0 spiro atoms. The lowest BCUT2D eigenvalue weighted by atomic mass is 10.5. The normalized spacial score (nSPS) is 17.5. The molecule has 0 radical (unpaired) electrons. The van der Waals surface area contributed by atoms with Crippen LogP contribution in [0, 0.1) is 0 Å². The van der Waals surface area contributed by atoms with Crippen molar-refractivity contribution < 1.29 is 12.8 Å². The summed E-state index contributed by atoms with van der Waals surface area (Å²) in [5.41, 5.74) is 0. The zero-order valence-electron chi connectivity index (χ0n) is 8.77. The van der Waals surface area contributed by atoms with Crippen molar-refractivity contribution in [3.05, 3.63) is 24.4 Å². The molecule has 0 bridgehead atoms. The molecule has 1 aromatic rings. The molecule has 0 unspecified atom stereocenters. The summed E-state index contributed by atoms with van der Waals surface area (Å²) in [5.74, 6) is 0. The summed E-state index contributed by atoms with van der Waals surface area (Å²) >= 11 is 0. The van der Waals surface area contributed by atoms with Crippen LogP contribution in [-0.2, 0) is 9.84 Å². The standard InChI is InChI=1S/C8H8FNO2S.C2H6/c9-8(4-5-8)13(11,12)7-3-1-2-6-10-7;1-2/h1-3,6H,4-5H2;1-2H3. The Morgan fingerprint density at radius 1 is 1.33 bits per heavy atom. The third kappa shape index (κ3) is 2.17. The highest BCUT2D eigenvalue weighted by atomic mass is 32.2. The average Bonchev–Trinajstić information content (AvgIpc) is 3.02. The van der Waals surface area contributed by atoms with Crippen LogP contribution in [0.15, 0.2) is 29.4 Å². The Bertz CT molecular complexity index is 412. The van der Waals surface area contributed by atoms with Gasteiger partial charge in [0.2, 0.25) is 14.8 Å². The average molecular weight is 231 g/mol. The van der Waals surface area contributed by atoms with E-state index >= 15 is 0 Å². The second-order valence-electron chi connectivity index (χ2n) is 3.05. The largest absolute Gasteiger partial charge is 0.245 e. The van der Waals surface area contributed by atoms with E-state index in [0.717, 1.165) is 0 Å². The Labute approximate surface area is 89.3 Å². The number of hydrogen-bond donors (Lipinski definition) is 0. The summed E-state index contributed by atoms with van der Waals surface area (Å²) < 4.78 is 36.3. The van der Waals surface area contributed by atoms with Crippen molar-refractivity contribution in [2.75, 3.05) is 0 Å². The van der Waals surface area contributed by atoms with Crippen molar-refractivity contribution in [1.29, 1.82) is 0 Å². The number of rotatable bonds is 2. The number of nitrogens with zero attached hydrogens (tertiary/aromatic N) is 1. The summed E-state index contributed by atoms with van der Waals surface area (Å²) in [6, 6.07) is 4.44. The van der Waals surface area contributed by atoms with E-state index in [-0.39, 0.29) is 17.9 Å². The number of halogens is 1. The zero-order chi connectivity index (χ0) is 11.5. The van der Waals surface area contributed by atoms with Gasteiger partial charge in [0.1, 0.15) is 0 Å². The van der Waals surface area contributed by atoms with Crippen molar-refractivity contribution >= 4 is 9.84 Å². The van der Waals surface area contributed by atoms with E-state index in [1.165, 1.54) is 18.3 Å². The predicted molar refractivity (Wildman–Crippen MR) is 55.8 cm³/mol. The molecule has 1 saturated carbocycles. The summed E-state index contributed by atoms with van der Waals surface area (Å²) in [4.78, 5) is 3.63. The van der Waals surface area contributed by atoms with Gasteiger partial charge >= 0.3 is 0 Å². The number of pyridine rings is 1. The molecule has 1 heterocycles. The van der Waals surface area contributed by atoms with Gasteiger partial charge in [-0.2, -0.15) is 0 Å². The maximum Gasteiger partial charge on any atom is 0.230 e. The van der Waals surface area contributed by atoms with Crippen LogP contribution in [0.25, 0.3) is 0 Å². The zero-order valence-corrected chi connectivity index (χ0v) is 9.59. The van der Waals surface area contributed by atoms with E-state index in [1.54, 1.807) is 6.07 Å². The van der Waals surface area contributed by atoms with Crippen molar-refractivity contribution in [2.24, 2.45) is 0 Å². The van der Waals surface area contributed by atoms with Crippen molar-refractivity contribution in [3.8, 4) is 0 Å². The van der Waals surface area contributed by atoms with Crippen molar-refractivity contribution in [1.82, 2.24) is 4.98 Å². The van der Waals surface area contributed by atoms with Gasteiger partial charge in [-0.1, -0.05) is 19.9 Å². The lowest BCUT2D eigenvalue weighted by Gasteiger charge is -2.05. The first kappa shape index (κ1) is 12.1. The fourth-order valence-corrected chi connectivity index (χ4v) is 2.53. The van der Waals surface area contributed by atoms with E-state index in [9.17, 15) is 12.8 Å². The molecule has 1 aliphatic rings. The molecule has 1 fully saturated rings. The van der Waals surface area contributed by atoms with Gasteiger partial charge < -0.3 is 0 Å². The summed E-state index contributed by atoms with van der Waals surface area (Å²) in [6.07, 6.45) is 1.52. The van der Waals surface area contributed by atoms with E-state index in [0.29, 0.717) is 0 Å². The third-order valence-corrected chi connectivity index (χ3v) is 4.20. The Morgan fingerprint density at radius 2 is 1.93 bits per heavy atom. The van der Waals surface area contributed by atoms with E-state index in [2.05, 4.69) is 4.98 Å².